The summed E-state index contributed by atoms with van der Waals surface area (Å²) in [5.41, 5.74) is 0.386. The van der Waals surface area contributed by atoms with E-state index in [9.17, 15) is 28.7 Å². The Kier molecular flexibility index (Phi) is 7.94. The average Bonchev–Trinajstić information content (AvgIpc) is 2.67. The molecular weight excluding hydrogens is 400 g/mol. The Morgan fingerprint density at radius 1 is 1.17 bits per heavy atom. The molecule has 0 bridgehead atoms. The highest BCUT2D eigenvalue weighted by molar-refractivity contribution is 7.89. The molecule has 2 rings (SSSR count). The highest BCUT2D eigenvalue weighted by atomic mass is 32.2. The van der Waals surface area contributed by atoms with Crippen LogP contribution in [-0.2, 0) is 10.0 Å². The van der Waals surface area contributed by atoms with Gasteiger partial charge in [-0.25, -0.2) is 8.42 Å². The summed E-state index contributed by atoms with van der Waals surface area (Å²) in [5, 5.41) is 30.1. The van der Waals surface area contributed by atoms with Crippen LogP contribution >= 0.6 is 0 Å². The van der Waals surface area contributed by atoms with Crippen molar-refractivity contribution in [1.29, 1.82) is 0 Å². The minimum atomic E-state index is -4.00. The highest BCUT2D eigenvalue weighted by Gasteiger charge is 2.34. The summed E-state index contributed by atoms with van der Waals surface area (Å²) >= 11 is 0. The van der Waals surface area contributed by atoms with E-state index in [1.165, 1.54) is 10.4 Å². The zero-order valence-corrected chi connectivity index (χ0v) is 17.9. The number of non-ortho nitro benzene ring substituents is 1. The van der Waals surface area contributed by atoms with Crippen molar-refractivity contribution in [2.24, 2.45) is 0 Å². The lowest BCUT2D eigenvalue weighted by molar-refractivity contribution is -0.385. The molecule has 0 atom stereocenters. The third-order valence-electron chi connectivity index (χ3n) is 5.29. The summed E-state index contributed by atoms with van der Waals surface area (Å²) in [6.45, 7) is 1.96. The van der Waals surface area contributed by atoms with Crippen molar-refractivity contribution in [3.63, 3.8) is 0 Å². The monoisotopic (exact) mass is 430 g/mol. The lowest BCUT2D eigenvalue weighted by Gasteiger charge is -2.35. The molecule has 1 heterocycles. The Morgan fingerprint density at radius 3 is 2.17 bits per heavy atom. The third-order valence-corrected chi connectivity index (χ3v) is 7.20. The second-order valence-electron chi connectivity index (χ2n) is 7.40. The number of aliphatic hydroxyl groups excluding tert-OH is 2. The van der Waals surface area contributed by atoms with Gasteiger partial charge in [0.05, 0.1) is 23.8 Å². The molecule has 0 unspecified atom stereocenters. The Labute approximate surface area is 171 Å². The zero-order valence-electron chi connectivity index (χ0n) is 17.1. The van der Waals surface area contributed by atoms with Crippen molar-refractivity contribution in [3.8, 4) is 0 Å². The summed E-state index contributed by atoms with van der Waals surface area (Å²) in [5.74, 6) is 0. The van der Waals surface area contributed by atoms with Gasteiger partial charge < -0.3 is 20.0 Å². The summed E-state index contributed by atoms with van der Waals surface area (Å²) in [7, 11) is -0.0828. The van der Waals surface area contributed by atoms with Crippen LogP contribution in [-0.4, -0.2) is 92.3 Å². The van der Waals surface area contributed by atoms with E-state index in [1.807, 2.05) is 14.1 Å². The van der Waals surface area contributed by atoms with Crippen molar-refractivity contribution in [2.45, 2.75) is 30.7 Å². The van der Waals surface area contributed by atoms with E-state index in [-0.39, 0.29) is 48.6 Å². The van der Waals surface area contributed by atoms with Crippen LogP contribution in [0.25, 0.3) is 0 Å². The molecule has 1 aliphatic heterocycles. The minimum absolute atomic E-state index is 0.102. The quantitative estimate of drug-likeness (QED) is 0.426. The van der Waals surface area contributed by atoms with Crippen molar-refractivity contribution < 1.29 is 23.6 Å². The van der Waals surface area contributed by atoms with Gasteiger partial charge >= 0.3 is 0 Å². The van der Waals surface area contributed by atoms with Gasteiger partial charge in [0.25, 0.3) is 5.69 Å². The molecule has 11 heteroatoms. The number of nitro benzene ring substituents is 1. The molecule has 1 saturated heterocycles. The lowest BCUT2D eigenvalue weighted by atomic mass is 10.1. The molecule has 1 aliphatic rings. The molecule has 0 amide bonds. The molecule has 0 aliphatic carbocycles. The maximum Gasteiger partial charge on any atom is 0.271 e. The second-order valence-corrected chi connectivity index (χ2v) is 9.31. The van der Waals surface area contributed by atoms with E-state index in [1.54, 1.807) is 11.8 Å². The van der Waals surface area contributed by atoms with Crippen LogP contribution in [0.1, 0.15) is 18.4 Å². The van der Waals surface area contributed by atoms with Crippen molar-refractivity contribution in [1.82, 2.24) is 9.21 Å². The molecule has 0 radical (unpaired) electrons. The van der Waals surface area contributed by atoms with E-state index < -0.39 is 14.9 Å². The van der Waals surface area contributed by atoms with Gasteiger partial charge in [-0.15, -0.1) is 0 Å². The van der Waals surface area contributed by atoms with Gasteiger partial charge in [-0.1, -0.05) is 0 Å². The fourth-order valence-corrected chi connectivity index (χ4v) is 5.52. The molecule has 10 nitrogen and oxygen atoms in total. The fourth-order valence-electron chi connectivity index (χ4n) is 3.75. The van der Waals surface area contributed by atoms with Crippen molar-refractivity contribution >= 4 is 21.4 Å². The van der Waals surface area contributed by atoms with Gasteiger partial charge in [0.1, 0.15) is 4.90 Å². The van der Waals surface area contributed by atoms with Crippen LogP contribution in [0.15, 0.2) is 17.0 Å². The van der Waals surface area contributed by atoms with Gasteiger partial charge in [-0.2, -0.15) is 4.31 Å². The van der Waals surface area contributed by atoms with Crippen LogP contribution in [0.4, 0.5) is 11.4 Å². The Hall–Kier alpha value is -1.79. The average molecular weight is 431 g/mol. The fraction of sp³-hybridized carbons (Fsp3) is 0.667. The first-order chi connectivity index (χ1) is 13.6. The molecule has 2 N–H and O–H groups in total. The van der Waals surface area contributed by atoms with E-state index >= 15 is 0 Å². The van der Waals surface area contributed by atoms with Crippen LogP contribution in [0.2, 0.25) is 0 Å². The standard InChI is InChI=1S/C18H30N4O6S/c1-14-12-16(22(25)26)13-17(18(14)20(8-10-23)9-11-24)29(27,28)21-6-4-15(5-7-21)19(2)3/h12-13,15,23-24H,4-11H2,1-3H3. The van der Waals surface area contributed by atoms with E-state index in [4.69, 9.17) is 0 Å². The minimum Gasteiger partial charge on any atom is -0.395 e. The number of anilines is 1. The molecule has 1 aromatic carbocycles. The summed E-state index contributed by atoms with van der Waals surface area (Å²) in [4.78, 5) is 14.2. The second kappa shape index (κ2) is 9.81. The Balaban J connectivity index is 2.54. The van der Waals surface area contributed by atoms with Crippen LogP contribution in [0.5, 0.6) is 0 Å². The Bertz CT molecular complexity index is 816. The van der Waals surface area contributed by atoms with Crippen molar-refractivity contribution in [2.75, 3.05) is 58.4 Å². The van der Waals surface area contributed by atoms with Crippen LogP contribution in [0, 0.1) is 17.0 Å². The molecule has 0 saturated carbocycles. The summed E-state index contributed by atoms with van der Waals surface area (Å²) in [6.07, 6.45) is 1.35. The smallest absolute Gasteiger partial charge is 0.271 e. The van der Waals surface area contributed by atoms with E-state index in [2.05, 4.69) is 4.90 Å². The maximum absolute atomic E-state index is 13.5. The number of nitro groups is 1. The first-order valence-electron chi connectivity index (χ1n) is 9.55. The number of aliphatic hydroxyl groups is 2. The number of sulfonamides is 1. The van der Waals surface area contributed by atoms with Crippen LogP contribution in [0.3, 0.4) is 0 Å². The first kappa shape index (κ1) is 23.5. The maximum atomic E-state index is 13.5. The zero-order chi connectivity index (χ0) is 21.8. The van der Waals surface area contributed by atoms with Gasteiger partial charge in [0.2, 0.25) is 10.0 Å². The number of rotatable bonds is 9. The number of nitrogens with zero attached hydrogens (tertiary/aromatic N) is 4. The van der Waals surface area contributed by atoms with Gasteiger partial charge in [0, 0.05) is 44.4 Å². The largest absolute Gasteiger partial charge is 0.395 e. The third kappa shape index (κ3) is 5.23. The lowest BCUT2D eigenvalue weighted by Crippen LogP contribution is -2.44. The molecule has 29 heavy (non-hydrogen) atoms. The van der Waals surface area contributed by atoms with Gasteiger partial charge in [0.15, 0.2) is 0 Å². The first-order valence-corrected chi connectivity index (χ1v) is 11.0. The number of hydrogen-bond acceptors (Lipinski definition) is 8. The molecule has 0 aromatic heterocycles. The van der Waals surface area contributed by atoms with E-state index in [0.717, 1.165) is 6.07 Å². The predicted molar refractivity (Wildman–Crippen MR) is 110 cm³/mol. The SMILES string of the molecule is Cc1cc([N+](=O)[O-])cc(S(=O)(=O)N2CCC(N(C)C)CC2)c1N(CCO)CCO. The summed E-state index contributed by atoms with van der Waals surface area (Å²) < 4.78 is 28.3. The Morgan fingerprint density at radius 2 is 1.72 bits per heavy atom. The number of hydrogen-bond donors (Lipinski definition) is 2. The topological polar surface area (TPSA) is 127 Å². The predicted octanol–water partition coefficient (Wildman–Crippen LogP) is 0.409. The molecule has 164 valence electrons. The molecular formula is C18H30N4O6S. The summed E-state index contributed by atoms with van der Waals surface area (Å²) in [6, 6.07) is 2.68. The number of aryl methyl sites for hydroxylation is 1. The highest BCUT2D eigenvalue weighted by Crippen LogP contribution is 2.36. The number of piperidine rings is 1. The normalized spacial score (nSPS) is 16.3. The van der Waals surface area contributed by atoms with E-state index in [0.29, 0.717) is 31.5 Å². The molecule has 0 spiro atoms. The van der Waals surface area contributed by atoms with Gasteiger partial charge in [-0.05, 0) is 39.4 Å². The number of benzene rings is 1. The van der Waals surface area contributed by atoms with Crippen LogP contribution < -0.4 is 4.90 Å². The van der Waals surface area contributed by atoms with Gasteiger partial charge in [-0.3, -0.25) is 10.1 Å². The van der Waals surface area contributed by atoms with Crippen molar-refractivity contribution in [3.05, 3.63) is 27.8 Å². The molecule has 1 fully saturated rings. The molecule has 1 aromatic rings.